The van der Waals surface area contributed by atoms with E-state index in [-0.39, 0.29) is 5.91 Å². The zero-order valence-corrected chi connectivity index (χ0v) is 13.5. The van der Waals surface area contributed by atoms with Gasteiger partial charge in [0.1, 0.15) is 0 Å². The molecule has 116 valence electrons. The van der Waals surface area contributed by atoms with Gasteiger partial charge in [-0.25, -0.2) is 0 Å². The summed E-state index contributed by atoms with van der Waals surface area (Å²) in [6, 6.07) is 21.9. The summed E-state index contributed by atoms with van der Waals surface area (Å²) in [6.07, 6.45) is 1.21. The number of halogens is 1. The maximum Gasteiger partial charge on any atom is 0.224 e. The van der Waals surface area contributed by atoms with Crippen molar-refractivity contribution in [3.8, 4) is 0 Å². The molecule has 3 aromatic carbocycles. The number of nitrogens with one attached hydrogen (secondary N) is 1. The van der Waals surface area contributed by atoms with Crippen molar-refractivity contribution in [3.63, 3.8) is 0 Å². The van der Waals surface area contributed by atoms with Gasteiger partial charge in [-0.1, -0.05) is 66.2 Å². The van der Waals surface area contributed by atoms with Crippen LogP contribution in [0.15, 0.2) is 66.7 Å². The molecule has 0 atom stereocenters. The molecule has 1 amide bonds. The van der Waals surface area contributed by atoms with Gasteiger partial charge in [0.2, 0.25) is 5.91 Å². The predicted molar refractivity (Wildman–Crippen MR) is 95.8 cm³/mol. The van der Waals surface area contributed by atoms with Crippen LogP contribution in [0, 0.1) is 0 Å². The third-order valence-corrected chi connectivity index (χ3v) is 4.13. The van der Waals surface area contributed by atoms with Gasteiger partial charge in [0, 0.05) is 11.6 Å². The molecule has 3 aromatic rings. The lowest BCUT2D eigenvalue weighted by atomic mass is 10.0. The summed E-state index contributed by atoms with van der Waals surface area (Å²) in [5.41, 5.74) is 2.23. The molecule has 2 nitrogen and oxygen atoms in total. The van der Waals surface area contributed by atoms with Crippen molar-refractivity contribution >= 4 is 28.3 Å². The fraction of sp³-hybridized carbons (Fsp3) is 0.150. The number of hydrogen-bond acceptors (Lipinski definition) is 1. The summed E-state index contributed by atoms with van der Waals surface area (Å²) >= 11 is 5.86. The molecule has 3 heteroatoms. The van der Waals surface area contributed by atoms with E-state index in [0.717, 1.165) is 22.4 Å². The summed E-state index contributed by atoms with van der Waals surface area (Å²) in [7, 11) is 0. The molecule has 0 bridgehead atoms. The van der Waals surface area contributed by atoms with E-state index in [4.69, 9.17) is 11.6 Å². The fourth-order valence-electron chi connectivity index (χ4n) is 2.68. The number of carbonyl (C=O) groups excluding carboxylic acids is 1. The SMILES string of the molecule is O=C(Cc1cccc2ccccc12)NCCc1ccc(Cl)cc1. The van der Waals surface area contributed by atoms with Gasteiger partial charge in [-0.15, -0.1) is 0 Å². The minimum atomic E-state index is 0.0512. The van der Waals surface area contributed by atoms with Crippen molar-refractivity contribution in [1.29, 1.82) is 0 Å². The summed E-state index contributed by atoms with van der Waals surface area (Å²) in [4.78, 5) is 12.2. The average Bonchev–Trinajstić information content (AvgIpc) is 2.57. The van der Waals surface area contributed by atoms with Crippen LogP contribution >= 0.6 is 11.6 Å². The molecule has 23 heavy (non-hydrogen) atoms. The largest absolute Gasteiger partial charge is 0.355 e. The second-order valence-corrected chi connectivity index (χ2v) is 5.98. The highest BCUT2D eigenvalue weighted by atomic mass is 35.5. The summed E-state index contributed by atoms with van der Waals surface area (Å²) in [5.74, 6) is 0.0512. The first-order valence-electron chi connectivity index (χ1n) is 7.70. The molecule has 0 saturated heterocycles. The van der Waals surface area contributed by atoms with Crippen molar-refractivity contribution < 1.29 is 4.79 Å². The molecular weight excluding hydrogens is 306 g/mol. The number of amides is 1. The number of fused-ring (bicyclic) bond motifs is 1. The van der Waals surface area contributed by atoms with Gasteiger partial charge in [0.05, 0.1) is 6.42 Å². The first-order valence-corrected chi connectivity index (χ1v) is 8.08. The Morgan fingerprint density at radius 1 is 0.913 bits per heavy atom. The van der Waals surface area contributed by atoms with Gasteiger partial charge in [0.15, 0.2) is 0 Å². The lowest BCUT2D eigenvalue weighted by Crippen LogP contribution is -2.27. The third kappa shape index (κ3) is 4.11. The maximum absolute atomic E-state index is 12.2. The Hall–Kier alpha value is -2.32. The van der Waals surface area contributed by atoms with E-state index in [2.05, 4.69) is 23.5 Å². The predicted octanol–water partition coefficient (Wildman–Crippen LogP) is 4.39. The van der Waals surface area contributed by atoms with Gasteiger partial charge in [-0.05, 0) is 40.5 Å². The average molecular weight is 324 g/mol. The number of benzene rings is 3. The first-order chi connectivity index (χ1) is 11.2. The monoisotopic (exact) mass is 323 g/mol. The van der Waals surface area contributed by atoms with Gasteiger partial charge >= 0.3 is 0 Å². The molecule has 0 aliphatic heterocycles. The number of rotatable bonds is 5. The highest BCUT2D eigenvalue weighted by Gasteiger charge is 2.06. The zero-order chi connectivity index (χ0) is 16.1. The van der Waals surface area contributed by atoms with E-state index in [1.165, 1.54) is 10.9 Å². The van der Waals surface area contributed by atoms with E-state index < -0.39 is 0 Å². The number of hydrogen-bond donors (Lipinski definition) is 1. The van der Waals surface area contributed by atoms with Crippen LogP contribution in [0.2, 0.25) is 5.02 Å². The van der Waals surface area contributed by atoms with Crippen molar-refractivity contribution in [2.45, 2.75) is 12.8 Å². The Labute approximate surface area is 141 Å². The zero-order valence-electron chi connectivity index (χ0n) is 12.8. The van der Waals surface area contributed by atoms with E-state index >= 15 is 0 Å². The molecule has 0 aliphatic rings. The molecule has 0 spiro atoms. The highest BCUT2D eigenvalue weighted by Crippen LogP contribution is 2.18. The molecule has 3 rings (SSSR count). The quantitative estimate of drug-likeness (QED) is 0.741. The van der Waals surface area contributed by atoms with Crippen LogP contribution in [-0.2, 0) is 17.6 Å². The molecule has 0 unspecified atom stereocenters. The summed E-state index contributed by atoms with van der Waals surface area (Å²) in [6.45, 7) is 0.630. The van der Waals surface area contributed by atoms with Crippen LogP contribution in [0.25, 0.3) is 10.8 Å². The van der Waals surface area contributed by atoms with E-state index in [0.29, 0.717) is 13.0 Å². The molecule has 1 N–H and O–H groups in total. The Morgan fingerprint density at radius 3 is 2.48 bits per heavy atom. The fourth-order valence-corrected chi connectivity index (χ4v) is 2.81. The van der Waals surface area contributed by atoms with E-state index in [9.17, 15) is 4.79 Å². The van der Waals surface area contributed by atoms with Crippen molar-refractivity contribution in [2.24, 2.45) is 0 Å². The van der Waals surface area contributed by atoms with Crippen LogP contribution in [0.3, 0.4) is 0 Å². The van der Waals surface area contributed by atoms with Crippen molar-refractivity contribution in [3.05, 3.63) is 82.9 Å². The molecule has 0 aliphatic carbocycles. The van der Waals surface area contributed by atoms with Crippen LogP contribution < -0.4 is 5.32 Å². The topological polar surface area (TPSA) is 29.1 Å². The smallest absolute Gasteiger partial charge is 0.224 e. The van der Waals surface area contributed by atoms with Crippen LogP contribution in [0.1, 0.15) is 11.1 Å². The first kappa shape index (κ1) is 15.6. The Kier molecular flexibility index (Phi) is 4.94. The van der Waals surface area contributed by atoms with Gasteiger partial charge in [-0.3, -0.25) is 4.79 Å². The number of carbonyl (C=O) groups is 1. The van der Waals surface area contributed by atoms with Gasteiger partial charge in [0.25, 0.3) is 0 Å². The van der Waals surface area contributed by atoms with Gasteiger partial charge < -0.3 is 5.32 Å². The normalized spacial score (nSPS) is 10.7. The van der Waals surface area contributed by atoms with Crippen molar-refractivity contribution in [2.75, 3.05) is 6.54 Å². The Balaban J connectivity index is 1.57. The molecule has 0 heterocycles. The minimum Gasteiger partial charge on any atom is -0.355 e. The van der Waals surface area contributed by atoms with Crippen molar-refractivity contribution in [1.82, 2.24) is 5.32 Å². The van der Waals surface area contributed by atoms with Crippen LogP contribution in [0.5, 0.6) is 0 Å². The summed E-state index contributed by atoms with van der Waals surface area (Å²) < 4.78 is 0. The van der Waals surface area contributed by atoms with Crippen LogP contribution in [0.4, 0.5) is 0 Å². The molecule has 0 radical (unpaired) electrons. The Morgan fingerprint density at radius 2 is 1.65 bits per heavy atom. The molecule has 0 saturated carbocycles. The maximum atomic E-state index is 12.2. The highest BCUT2D eigenvalue weighted by molar-refractivity contribution is 6.30. The molecule has 0 aromatic heterocycles. The second kappa shape index (κ2) is 7.30. The Bertz CT molecular complexity index is 806. The van der Waals surface area contributed by atoms with E-state index in [1.807, 2.05) is 48.5 Å². The van der Waals surface area contributed by atoms with Crippen LogP contribution in [-0.4, -0.2) is 12.5 Å². The minimum absolute atomic E-state index is 0.0512. The van der Waals surface area contributed by atoms with E-state index in [1.54, 1.807) is 0 Å². The second-order valence-electron chi connectivity index (χ2n) is 5.54. The lowest BCUT2D eigenvalue weighted by molar-refractivity contribution is -0.120. The molecular formula is C20H18ClNO. The lowest BCUT2D eigenvalue weighted by Gasteiger charge is -2.08. The standard InChI is InChI=1S/C20H18ClNO/c21-18-10-8-15(9-11-18)12-13-22-20(23)14-17-6-3-5-16-4-1-2-7-19(16)17/h1-11H,12-14H2,(H,22,23). The molecule has 0 fully saturated rings. The summed E-state index contributed by atoms with van der Waals surface area (Å²) in [5, 5.41) is 6.02. The van der Waals surface area contributed by atoms with Gasteiger partial charge in [-0.2, -0.15) is 0 Å². The third-order valence-electron chi connectivity index (χ3n) is 3.88.